The number of ether oxygens (including phenoxy) is 2. The van der Waals surface area contributed by atoms with Gasteiger partial charge in [-0.1, -0.05) is 38.1 Å². The highest BCUT2D eigenvalue weighted by Crippen LogP contribution is 2.60. The first-order valence-electron chi connectivity index (χ1n) is 12.6. The molecule has 3 aliphatic rings. The van der Waals surface area contributed by atoms with E-state index in [1.807, 2.05) is 64.1 Å². The van der Waals surface area contributed by atoms with Crippen molar-refractivity contribution in [3.63, 3.8) is 0 Å². The van der Waals surface area contributed by atoms with E-state index in [0.29, 0.717) is 41.1 Å². The predicted molar refractivity (Wildman–Crippen MR) is 139 cm³/mol. The Morgan fingerprint density at radius 1 is 1.08 bits per heavy atom. The average molecular weight is 496 g/mol. The first-order chi connectivity index (χ1) is 17.6. The van der Waals surface area contributed by atoms with Gasteiger partial charge in [0, 0.05) is 18.4 Å². The van der Waals surface area contributed by atoms with Gasteiger partial charge in [-0.2, -0.15) is 0 Å². The van der Waals surface area contributed by atoms with Gasteiger partial charge in [0.05, 0.1) is 34.6 Å². The Morgan fingerprint density at radius 3 is 2.46 bits per heavy atom. The van der Waals surface area contributed by atoms with Crippen LogP contribution in [-0.2, 0) is 24.5 Å². The minimum atomic E-state index is -1.37. The number of aromatic nitrogens is 2. The molecule has 1 spiro atoms. The number of nitrogens with zero attached hydrogens (tertiary/aromatic N) is 2. The SMILES string of the molecule is CCOC(=O)C1=C(N)OC2=C(C(=O)CC(C)(C)C2)C12c1ccccc1-c1nc3cc(C)c(C)cc3nc12. The number of benzene rings is 2. The van der Waals surface area contributed by atoms with E-state index >= 15 is 0 Å². The van der Waals surface area contributed by atoms with Gasteiger partial charge in [-0.05, 0) is 55.0 Å². The molecule has 1 atom stereocenters. The molecule has 3 aromatic rings. The summed E-state index contributed by atoms with van der Waals surface area (Å²) < 4.78 is 11.6. The highest BCUT2D eigenvalue weighted by Gasteiger charge is 2.61. The van der Waals surface area contributed by atoms with Crippen LogP contribution in [0.15, 0.2) is 59.2 Å². The molecule has 2 aliphatic carbocycles. The fourth-order valence-corrected chi connectivity index (χ4v) is 6.13. The Balaban J connectivity index is 1.79. The maximum absolute atomic E-state index is 14.0. The molecular weight excluding hydrogens is 466 g/mol. The van der Waals surface area contributed by atoms with Gasteiger partial charge in [-0.25, -0.2) is 14.8 Å². The normalized spacial score (nSPS) is 21.6. The third-order valence-corrected chi connectivity index (χ3v) is 7.77. The minimum Gasteiger partial charge on any atom is -0.462 e. The smallest absolute Gasteiger partial charge is 0.341 e. The molecule has 188 valence electrons. The van der Waals surface area contributed by atoms with E-state index in [0.717, 1.165) is 27.8 Å². The van der Waals surface area contributed by atoms with E-state index in [1.54, 1.807) is 6.92 Å². The number of hydrogen-bond donors (Lipinski definition) is 1. The zero-order chi connectivity index (χ0) is 26.3. The lowest BCUT2D eigenvalue weighted by Gasteiger charge is -2.43. The van der Waals surface area contributed by atoms with Crippen LogP contribution in [0.5, 0.6) is 0 Å². The van der Waals surface area contributed by atoms with Crippen molar-refractivity contribution in [1.82, 2.24) is 9.97 Å². The number of ketones is 1. The maximum Gasteiger partial charge on any atom is 0.341 e. The van der Waals surface area contributed by atoms with Crippen molar-refractivity contribution in [3.05, 3.63) is 81.6 Å². The van der Waals surface area contributed by atoms with Crippen LogP contribution in [0.3, 0.4) is 0 Å². The number of carbonyl (C=O) groups excluding carboxylic acids is 2. The van der Waals surface area contributed by atoms with Crippen LogP contribution in [0.4, 0.5) is 0 Å². The number of allylic oxidation sites excluding steroid dienone is 2. The van der Waals surface area contributed by atoms with E-state index < -0.39 is 11.4 Å². The van der Waals surface area contributed by atoms with Gasteiger partial charge in [0.1, 0.15) is 16.7 Å². The third kappa shape index (κ3) is 3.12. The number of fused-ring (bicyclic) bond motifs is 7. The van der Waals surface area contributed by atoms with Gasteiger partial charge < -0.3 is 15.2 Å². The van der Waals surface area contributed by atoms with E-state index in [2.05, 4.69) is 0 Å². The van der Waals surface area contributed by atoms with Crippen LogP contribution in [-0.4, -0.2) is 28.3 Å². The first-order valence-corrected chi connectivity index (χ1v) is 12.6. The molecule has 2 aromatic carbocycles. The largest absolute Gasteiger partial charge is 0.462 e. The summed E-state index contributed by atoms with van der Waals surface area (Å²) in [6, 6.07) is 11.7. The van der Waals surface area contributed by atoms with E-state index in [4.69, 9.17) is 25.2 Å². The number of carbonyl (C=O) groups is 2. The van der Waals surface area contributed by atoms with Crippen molar-refractivity contribution in [2.24, 2.45) is 11.1 Å². The lowest BCUT2D eigenvalue weighted by Crippen LogP contribution is -2.46. The van der Waals surface area contributed by atoms with Gasteiger partial charge in [-0.15, -0.1) is 0 Å². The summed E-state index contributed by atoms with van der Waals surface area (Å²) in [5, 5.41) is 0. The molecule has 1 unspecified atom stereocenters. The molecule has 2 heterocycles. The summed E-state index contributed by atoms with van der Waals surface area (Å²) in [5.74, 6) is -0.303. The van der Waals surface area contributed by atoms with Crippen molar-refractivity contribution in [2.75, 3.05) is 6.61 Å². The van der Waals surface area contributed by atoms with Crippen LogP contribution in [0.25, 0.3) is 22.3 Å². The number of esters is 1. The fraction of sp³-hybridized carbons (Fsp3) is 0.333. The summed E-state index contributed by atoms with van der Waals surface area (Å²) in [4.78, 5) is 37.8. The molecule has 0 saturated carbocycles. The lowest BCUT2D eigenvalue weighted by molar-refractivity contribution is -0.139. The highest BCUT2D eigenvalue weighted by atomic mass is 16.5. The summed E-state index contributed by atoms with van der Waals surface area (Å²) in [5.41, 5.74) is 11.7. The van der Waals surface area contributed by atoms with Gasteiger partial charge in [0.25, 0.3) is 0 Å². The van der Waals surface area contributed by atoms with Gasteiger partial charge in [0.15, 0.2) is 5.78 Å². The van der Waals surface area contributed by atoms with Gasteiger partial charge in [-0.3, -0.25) is 4.79 Å². The van der Waals surface area contributed by atoms with Crippen molar-refractivity contribution in [2.45, 2.75) is 52.9 Å². The van der Waals surface area contributed by atoms with Crippen LogP contribution in [0.2, 0.25) is 0 Å². The molecule has 2 N–H and O–H groups in total. The van der Waals surface area contributed by atoms with Crippen molar-refractivity contribution in [3.8, 4) is 11.3 Å². The van der Waals surface area contributed by atoms with E-state index in [1.165, 1.54) is 0 Å². The Bertz CT molecular complexity index is 1610. The Hall–Kier alpha value is -4.00. The van der Waals surface area contributed by atoms with Gasteiger partial charge >= 0.3 is 5.97 Å². The minimum absolute atomic E-state index is 0.0627. The van der Waals surface area contributed by atoms with Crippen LogP contribution < -0.4 is 5.73 Å². The number of aryl methyl sites for hydroxylation is 2. The molecular formula is C30H29N3O4. The third-order valence-electron chi connectivity index (χ3n) is 7.77. The van der Waals surface area contributed by atoms with Crippen molar-refractivity contribution < 1.29 is 19.1 Å². The zero-order valence-electron chi connectivity index (χ0n) is 21.7. The topological polar surface area (TPSA) is 104 Å². The molecule has 6 rings (SSSR count). The second kappa shape index (κ2) is 7.75. The lowest BCUT2D eigenvalue weighted by atomic mass is 9.61. The molecule has 7 heteroatoms. The summed E-state index contributed by atoms with van der Waals surface area (Å²) in [6.45, 7) is 10.0. The summed E-state index contributed by atoms with van der Waals surface area (Å²) >= 11 is 0. The number of rotatable bonds is 2. The molecule has 0 fully saturated rings. The van der Waals surface area contributed by atoms with Gasteiger partial charge in [0.2, 0.25) is 5.88 Å². The number of nitrogens with two attached hydrogens (primary N) is 1. The summed E-state index contributed by atoms with van der Waals surface area (Å²) in [7, 11) is 0. The Labute approximate surface area is 215 Å². The Morgan fingerprint density at radius 2 is 1.76 bits per heavy atom. The maximum atomic E-state index is 14.0. The average Bonchev–Trinajstić information content (AvgIpc) is 3.07. The van der Waals surface area contributed by atoms with Crippen LogP contribution >= 0.6 is 0 Å². The second-order valence-corrected chi connectivity index (χ2v) is 10.9. The first kappa shape index (κ1) is 23.4. The standard InChI is InChI=1S/C30H29N3O4/c1-6-36-28(35)24-27(31)37-22-14-29(4,5)13-21(34)23(22)30(24)18-10-8-7-9-17(18)25-26(30)33-20-12-16(3)15(2)11-19(20)32-25/h7-12H,6,13-14,31H2,1-5H3. The number of Topliss-reactive ketones (excluding diaryl/α,β-unsaturated/α-hetero) is 1. The molecule has 0 bridgehead atoms. The van der Waals surface area contributed by atoms with Crippen molar-refractivity contribution >= 4 is 22.8 Å². The molecule has 0 saturated heterocycles. The van der Waals surface area contributed by atoms with Crippen LogP contribution in [0, 0.1) is 19.3 Å². The fourth-order valence-electron chi connectivity index (χ4n) is 6.13. The molecule has 0 radical (unpaired) electrons. The molecule has 1 aromatic heterocycles. The van der Waals surface area contributed by atoms with E-state index in [-0.39, 0.29) is 29.3 Å². The molecule has 37 heavy (non-hydrogen) atoms. The molecule has 0 amide bonds. The zero-order valence-corrected chi connectivity index (χ0v) is 21.7. The summed E-state index contributed by atoms with van der Waals surface area (Å²) in [6.07, 6.45) is 0.813. The monoisotopic (exact) mass is 495 g/mol. The second-order valence-electron chi connectivity index (χ2n) is 10.9. The molecule has 7 nitrogen and oxygen atoms in total. The van der Waals surface area contributed by atoms with Crippen molar-refractivity contribution in [1.29, 1.82) is 0 Å². The quantitative estimate of drug-likeness (QED) is 0.503. The number of hydrogen-bond acceptors (Lipinski definition) is 7. The highest BCUT2D eigenvalue weighted by molar-refractivity contribution is 6.09. The van der Waals surface area contributed by atoms with E-state index in [9.17, 15) is 9.59 Å². The van der Waals surface area contributed by atoms with Crippen LogP contribution in [0.1, 0.15) is 56.0 Å². The Kier molecular flexibility index (Phi) is 4.90. The molecule has 1 aliphatic heterocycles. The predicted octanol–water partition coefficient (Wildman–Crippen LogP) is 4.92.